The Hall–Kier alpha value is -0.950. The van der Waals surface area contributed by atoms with Crippen molar-refractivity contribution in [3.8, 4) is 0 Å². The summed E-state index contributed by atoms with van der Waals surface area (Å²) in [4.78, 5) is 20.7. The normalized spacial score (nSPS) is 27.3. The molecule has 2 fully saturated rings. The number of nitrogens with zero attached hydrogens (tertiary/aromatic N) is 3. The molecule has 0 aliphatic carbocycles. The summed E-state index contributed by atoms with van der Waals surface area (Å²) in [6.45, 7) is 11.2. The summed E-state index contributed by atoms with van der Waals surface area (Å²) in [5.74, 6) is 0.249. The van der Waals surface area contributed by atoms with Gasteiger partial charge in [0.1, 0.15) is 0 Å². The Balaban J connectivity index is 1.42. The van der Waals surface area contributed by atoms with Crippen LogP contribution in [-0.2, 0) is 16.1 Å². The maximum absolute atomic E-state index is 12.5. The van der Waals surface area contributed by atoms with Crippen LogP contribution in [0.4, 0.5) is 0 Å². The van der Waals surface area contributed by atoms with E-state index in [0.29, 0.717) is 6.54 Å². The van der Waals surface area contributed by atoms with Crippen molar-refractivity contribution in [3.05, 3.63) is 22.4 Å². The number of amides is 1. The molecule has 6 heteroatoms. The lowest BCUT2D eigenvalue weighted by Crippen LogP contribution is -2.53. The van der Waals surface area contributed by atoms with E-state index in [9.17, 15) is 4.79 Å². The second kappa shape index (κ2) is 7.75. The number of thiophene rings is 1. The molecule has 1 aromatic rings. The third-order valence-electron chi connectivity index (χ3n) is 4.56. The zero-order valence-electron chi connectivity index (χ0n) is 14.1. The number of ether oxygens (including phenoxy) is 1. The predicted octanol–water partition coefficient (Wildman–Crippen LogP) is 1.50. The molecule has 0 N–H and O–H groups in total. The molecule has 2 unspecified atom stereocenters. The Bertz CT molecular complexity index is 490. The van der Waals surface area contributed by atoms with Crippen molar-refractivity contribution in [2.75, 3.05) is 45.8 Å². The number of hydrogen-bond donors (Lipinski definition) is 0. The summed E-state index contributed by atoms with van der Waals surface area (Å²) in [5, 5.41) is 2.13. The van der Waals surface area contributed by atoms with Crippen molar-refractivity contribution in [1.82, 2.24) is 14.7 Å². The Kier molecular flexibility index (Phi) is 5.69. The van der Waals surface area contributed by atoms with E-state index < -0.39 is 0 Å². The van der Waals surface area contributed by atoms with Crippen LogP contribution in [0, 0.1) is 0 Å². The number of carbonyl (C=O) groups is 1. The van der Waals surface area contributed by atoms with Crippen molar-refractivity contribution >= 4 is 17.2 Å². The summed E-state index contributed by atoms with van der Waals surface area (Å²) in [5.41, 5.74) is 0. The van der Waals surface area contributed by atoms with Crippen molar-refractivity contribution in [2.24, 2.45) is 0 Å². The molecule has 3 rings (SSSR count). The summed E-state index contributed by atoms with van der Waals surface area (Å²) in [6.07, 6.45) is 0.288. The van der Waals surface area contributed by atoms with Crippen LogP contribution in [0.3, 0.4) is 0 Å². The topological polar surface area (TPSA) is 36.0 Å². The zero-order chi connectivity index (χ0) is 16.2. The highest BCUT2D eigenvalue weighted by atomic mass is 32.1. The summed E-state index contributed by atoms with van der Waals surface area (Å²) < 4.78 is 5.71. The first-order valence-corrected chi connectivity index (χ1v) is 9.38. The molecule has 2 aliphatic rings. The van der Waals surface area contributed by atoms with Gasteiger partial charge in [0.2, 0.25) is 5.91 Å². The predicted molar refractivity (Wildman–Crippen MR) is 92.6 cm³/mol. The van der Waals surface area contributed by atoms with Gasteiger partial charge in [-0.25, -0.2) is 0 Å². The van der Waals surface area contributed by atoms with Crippen LogP contribution in [0.2, 0.25) is 0 Å². The first-order valence-electron chi connectivity index (χ1n) is 8.50. The lowest BCUT2D eigenvalue weighted by Gasteiger charge is -2.38. The molecule has 0 saturated carbocycles. The molecule has 1 aromatic heterocycles. The third-order valence-corrected chi connectivity index (χ3v) is 5.42. The minimum atomic E-state index is 0.144. The van der Waals surface area contributed by atoms with E-state index in [2.05, 4.69) is 27.3 Å². The maximum atomic E-state index is 12.5. The van der Waals surface area contributed by atoms with Crippen molar-refractivity contribution < 1.29 is 9.53 Å². The Morgan fingerprint density at radius 1 is 1.17 bits per heavy atom. The van der Waals surface area contributed by atoms with Gasteiger partial charge in [-0.05, 0) is 25.3 Å². The number of rotatable bonds is 4. The lowest BCUT2D eigenvalue weighted by molar-refractivity contribution is -0.144. The highest BCUT2D eigenvalue weighted by Crippen LogP contribution is 2.14. The smallest absolute Gasteiger partial charge is 0.236 e. The van der Waals surface area contributed by atoms with Gasteiger partial charge >= 0.3 is 0 Å². The monoisotopic (exact) mass is 337 g/mol. The van der Waals surface area contributed by atoms with E-state index in [1.165, 1.54) is 4.88 Å². The minimum absolute atomic E-state index is 0.144. The molecule has 23 heavy (non-hydrogen) atoms. The fourth-order valence-electron chi connectivity index (χ4n) is 3.40. The standard InChI is InChI=1S/C17H27N3O2S/c1-14-10-20(11-15(2)22-14)17(21)13-19-7-5-18(6-8-19)12-16-4-3-9-23-16/h3-4,9,14-15H,5-8,10-13H2,1-2H3. The Morgan fingerprint density at radius 2 is 1.83 bits per heavy atom. The molecule has 0 bridgehead atoms. The van der Waals surface area contributed by atoms with Crippen LogP contribution < -0.4 is 0 Å². The van der Waals surface area contributed by atoms with Crippen LogP contribution in [0.1, 0.15) is 18.7 Å². The van der Waals surface area contributed by atoms with Gasteiger partial charge in [0, 0.05) is 50.7 Å². The van der Waals surface area contributed by atoms with Gasteiger partial charge in [0.25, 0.3) is 0 Å². The molecular formula is C17H27N3O2S. The van der Waals surface area contributed by atoms with Crippen LogP contribution in [-0.4, -0.2) is 78.6 Å². The molecule has 5 nitrogen and oxygen atoms in total. The molecule has 0 aromatic carbocycles. The molecule has 2 aliphatic heterocycles. The third kappa shape index (κ3) is 4.76. The second-order valence-electron chi connectivity index (χ2n) is 6.69. The fourth-order valence-corrected chi connectivity index (χ4v) is 4.15. The van der Waals surface area contributed by atoms with Crippen LogP contribution in [0.25, 0.3) is 0 Å². The van der Waals surface area contributed by atoms with E-state index in [1.807, 2.05) is 30.1 Å². The molecule has 128 valence electrons. The van der Waals surface area contributed by atoms with Crippen molar-refractivity contribution in [2.45, 2.75) is 32.6 Å². The number of piperazine rings is 1. The van der Waals surface area contributed by atoms with E-state index in [4.69, 9.17) is 4.74 Å². The number of hydrogen-bond acceptors (Lipinski definition) is 5. The van der Waals surface area contributed by atoms with Crippen LogP contribution in [0.5, 0.6) is 0 Å². The van der Waals surface area contributed by atoms with Gasteiger partial charge in [-0.3, -0.25) is 14.6 Å². The molecule has 2 atom stereocenters. The minimum Gasteiger partial charge on any atom is -0.372 e. The highest BCUT2D eigenvalue weighted by Gasteiger charge is 2.27. The molecule has 3 heterocycles. The van der Waals surface area contributed by atoms with E-state index in [1.54, 1.807) is 0 Å². The van der Waals surface area contributed by atoms with Crippen LogP contribution in [0.15, 0.2) is 17.5 Å². The Labute approximate surface area is 142 Å². The fraction of sp³-hybridized carbons (Fsp3) is 0.706. The quantitative estimate of drug-likeness (QED) is 0.834. The summed E-state index contributed by atoms with van der Waals surface area (Å²) >= 11 is 1.82. The Morgan fingerprint density at radius 3 is 2.43 bits per heavy atom. The first kappa shape index (κ1) is 16.9. The number of morpholine rings is 1. The van der Waals surface area contributed by atoms with E-state index in [-0.39, 0.29) is 18.1 Å². The number of carbonyl (C=O) groups excluding carboxylic acids is 1. The first-order chi connectivity index (χ1) is 11.1. The average molecular weight is 337 g/mol. The van der Waals surface area contributed by atoms with Crippen molar-refractivity contribution in [3.63, 3.8) is 0 Å². The largest absolute Gasteiger partial charge is 0.372 e. The average Bonchev–Trinajstić information content (AvgIpc) is 3.01. The van der Waals surface area contributed by atoms with Gasteiger partial charge in [0.05, 0.1) is 18.8 Å². The van der Waals surface area contributed by atoms with Gasteiger partial charge in [-0.15, -0.1) is 11.3 Å². The molecule has 1 amide bonds. The molecule has 2 saturated heterocycles. The molecular weight excluding hydrogens is 310 g/mol. The van der Waals surface area contributed by atoms with E-state index in [0.717, 1.165) is 45.8 Å². The second-order valence-corrected chi connectivity index (χ2v) is 7.72. The van der Waals surface area contributed by atoms with Gasteiger partial charge in [-0.2, -0.15) is 0 Å². The molecule has 0 spiro atoms. The summed E-state index contributed by atoms with van der Waals surface area (Å²) in [6, 6.07) is 4.31. The van der Waals surface area contributed by atoms with Gasteiger partial charge < -0.3 is 9.64 Å². The SMILES string of the molecule is CC1CN(C(=O)CN2CCN(Cc3cccs3)CC2)CC(C)O1. The summed E-state index contributed by atoms with van der Waals surface area (Å²) in [7, 11) is 0. The highest BCUT2D eigenvalue weighted by molar-refractivity contribution is 7.09. The van der Waals surface area contributed by atoms with E-state index >= 15 is 0 Å². The van der Waals surface area contributed by atoms with Gasteiger partial charge in [-0.1, -0.05) is 6.07 Å². The van der Waals surface area contributed by atoms with Gasteiger partial charge in [0.15, 0.2) is 0 Å². The lowest BCUT2D eigenvalue weighted by atomic mass is 10.2. The zero-order valence-corrected chi connectivity index (χ0v) is 14.9. The van der Waals surface area contributed by atoms with Crippen LogP contribution >= 0.6 is 11.3 Å². The van der Waals surface area contributed by atoms with Crippen molar-refractivity contribution in [1.29, 1.82) is 0 Å². The molecule has 0 radical (unpaired) electrons. The maximum Gasteiger partial charge on any atom is 0.236 e.